The summed E-state index contributed by atoms with van der Waals surface area (Å²) in [5.74, 6) is 2.60. The van der Waals surface area contributed by atoms with Gasteiger partial charge in [-0.2, -0.15) is 0 Å². The lowest BCUT2D eigenvalue weighted by Gasteiger charge is -2.34. The maximum Gasteiger partial charge on any atom is 0.157 e. The monoisotopic (exact) mass is 460 g/mol. The van der Waals surface area contributed by atoms with Crippen LogP contribution in [0.4, 0.5) is 5.69 Å². The van der Waals surface area contributed by atoms with Crippen LogP contribution in [-0.4, -0.2) is 50.8 Å². The number of piperidine rings is 1. The summed E-state index contributed by atoms with van der Waals surface area (Å²) < 4.78 is 2.19. The number of H-pyrrole nitrogens is 1. The zero-order valence-corrected chi connectivity index (χ0v) is 19.7. The molecular weight excluding hydrogens is 432 g/mol. The second kappa shape index (κ2) is 8.50. The van der Waals surface area contributed by atoms with Gasteiger partial charge in [-0.15, -0.1) is 10.2 Å². The van der Waals surface area contributed by atoms with Crippen LogP contribution in [0.3, 0.4) is 0 Å². The smallest absolute Gasteiger partial charge is 0.157 e. The molecule has 1 fully saturated rings. The van der Waals surface area contributed by atoms with Crippen LogP contribution in [-0.2, 0) is 6.54 Å². The van der Waals surface area contributed by atoms with Crippen LogP contribution in [0.2, 0.25) is 5.02 Å². The second-order valence-corrected chi connectivity index (χ2v) is 9.75. The molecule has 0 amide bonds. The summed E-state index contributed by atoms with van der Waals surface area (Å²) in [6.45, 7) is 7.32. The van der Waals surface area contributed by atoms with Crippen LogP contribution < -0.4 is 4.90 Å². The third-order valence-electron chi connectivity index (χ3n) is 7.29. The Morgan fingerprint density at radius 3 is 2.70 bits per heavy atom. The molecule has 0 saturated carbocycles. The highest BCUT2D eigenvalue weighted by molar-refractivity contribution is 6.31. The molecule has 7 heteroatoms. The number of nitrogens with zero attached hydrogens (tertiary/aromatic N) is 5. The van der Waals surface area contributed by atoms with Crippen molar-refractivity contribution >= 4 is 28.2 Å². The van der Waals surface area contributed by atoms with E-state index in [0.717, 1.165) is 55.8 Å². The van der Waals surface area contributed by atoms with Gasteiger partial charge in [0.15, 0.2) is 5.82 Å². The van der Waals surface area contributed by atoms with E-state index in [1.165, 1.54) is 40.7 Å². The summed E-state index contributed by atoms with van der Waals surface area (Å²) in [5, 5.41) is 10.8. The fourth-order valence-electron chi connectivity index (χ4n) is 5.60. The van der Waals surface area contributed by atoms with E-state index in [0.29, 0.717) is 5.92 Å². The Balaban J connectivity index is 1.06. The fraction of sp³-hybridized carbons (Fsp3) is 0.385. The number of aromatic nitrogens is 4. The first-order valence-corrected chi connectivity index (χ1v) is 12.3. The molecule has 0 spiro atoms. The number of hydrogen-bond donors (Lipinski definition) is 1. The van der Waals surface area contributed by atoms with Gasteiger partial charge < -0.3 is 14.8 Å². The van der Waals surface area contributed by atoms with Gasteiger partial charge in [-0.3, -0.25) is 4.57 Å². The van der Waals surface area contributed by atoms with Gasteiger partial charge in [0.2, 0.25) is 0 Å². The molecule has 2 aromatic heterocycles. The van der Waals surface area contributed by atoms with Crippen molar-refractivity contribution in [3.63, 3.8) is 0 Å². The minimum atomic E-state index is 0.608. The number of aryl methyl sites for hydroxylation is 1. The predicted molar refractivity (Wildman–Crippen MR) is 133 cm³/mol. The molecule has 0 bridgehead atoms. The lowest BCUT2D eigenvalue weighted by Crippen LogP contribution is -2.36. The third-order valence-corrected chi connectivity index (χ3v) is 7.53. The average molecular weight is 461 g/mol. The van der Waals surface area contributed by atoms with Crippen LogP contribution >= 0.6 is 11.6 Å². The van der Waals surface area contributed by atoms with Gasteiger partial charge in [0.25, 0.3) is 0 Å². The SMILES string of the molecule is Cc1nnc2n1-c1ccccc1N(CCCN1CCC(c3c[nH]c4ccc(Cl)cc34)CC1)C2. The van der Waals surface area contributed by atoms with E-state index < -0.39 is 0 Å². The number of para-hydroxylation sites is 2. The second-order valence-electron chi connectivity index (χ2n) is 9.31. The number of rotatable bonds is 5. The van der Waals surface area contributed by atoms with E-state index in [-0.39, 0.29) is 0 Å². The zero-order chi connectivity index (χ0) is 22.4. The Kier molecular flexibility index (Phi) is 5.35. The largest absolute Gasteiger partial charge is 0.362 e. The summed E-state index contributed by atoms with van der Waals surface area (Å²) in [5.41, 5.74) is 5.09. The molecule has 1 saturated heterocycles. The summed E-state index contributed by atoms with van der Waals surface area (Å²) in [7, 11) is 0. The first kappa shape index (κ1) is 20.8. The van der Waals surface area contributed by atoms with E-state index >= 15 is 0 Å². The number of benzene rings is 2. The van der Waals surface area contributed by atoms with Crippen molar-refractivity contribution in [2.24, 2.45) is 0 Å². The molecule has 6 nitrogen and oxygen atoms in total. The molecule has 33 heavy (non-hydrogen) atoms. The first-order valence-electron chi connectivity index (χ1n) is 11.9. The van der Waals surface area contributed by atoms with Gasteiger partial charge in [0.1, 0.15) is 5.82 Å². The minimum Gasteiger partial charge on any atom is -0.362 e. The number of nitrogens with one attached hydrogen (secondary N) is 1. The number of hydrogen-bond acceptors (Lipinski definition) is 4. The molecule has 1 N–H and O–H groups in total. The van der Waals surface area contributed by atoms with E-state index in [4.69, 9.17) is 11.6 Å². The number of anilines is 1. The molecule has 0 unspecified atom stereocenters. The molecule has 4 aromatic rings. The number of halogens is 1. The van der Waals surface area contributed by atoms with Crippen molar-refractivity contribution in [2.75, 3.05) is 31.1 Å². The quantitative estimate of drug-likeness (QED) is 0.439. The maximum absolute atomic E-state index is 6.26. The van der Waals surface area contributed by atoms with Crippen LogP contribution in [0.1, 0.15) is 42.4 Å². The molecule has 2 aliphatic rings. The van der Waals surface area contributed by atoms with Gasteiger partial charge in [-0.25, -0.2) is 0 Å². The zero-order valence-electron chi connectivity index (χ0n) is 19.0. The normalized spacial score (nSPS) is 16.8. The maximum atomic E-state index is 6.26. The third kappa shape index (κ3) is 3.81. The lowest BCUT2D eigenvalue weighted by atomic mass is 9.89. The standard InChI is InChI=1S/C26H29ClN6/c1-18-29-30-26-17-32(24-5-2-3-6-25(24)33(18)26)12-4-11-31-13-9-19(10-14-31)22-16-28-23-8-7-20(27)15-21(22)23/h2-3,5-8,15-16,19,28H,4,9-14,17H2,1H3. The first-order chi connectivity index (χ1) is 16.2. The fourth-order valence-corrected chi connectivity index (χ4v) is 5.78. The van der Waals surface area contributed by atoms with Crippen molar-refractivity contribution in [1.82, 2.24) is 24.6 Å². The highest BCUT2D eigenvalue weighted by Gasteiger charge is 2.26. The molecule has 0 radical (unpaired) electrons. The molecule has 0 aliphatic carbocycles. The molecule has 170 valence electrons. The van der Waals surface area contributed by atoms with Gasteiger partial charge in [-0.05, 0) is 87.6 Å². The predicted octanol–water partition coefficient (Wildman–Crippen LogP) is 5.30. The Morgan fingerprint density at radius 1 is 1.03 bits per heavy atom. The Hall–Kier alpha value is -2.83. The molecule has 2 aliphatic heterocycles. The topological polar surface area (TPSA) is 53.0 Å². The summed E-state index contributed by atoms with van der Waals surface area (Å²) >= 11 is 6.26. The van der Waals surface area contributed by atoms with Crippen molar-refractivity contribution in [3.05, 3.63) is 70.9 Å². The van der Waals surface area contributed by atoms with Gasteiger partial charge in [0, 0.05) is 28.7 Å². The van der Waals surface area contributed by atoms with Crippen molar-refractivity contribution < 1.29 is 0 Å². The minimum absolute atomic E-state index is 0.608. The van der Waals surface area contributed by atoms with Crippen molar-refractivity contribution in [2.45, 2.75) is 38.6 Å². The molecule has 2 aromatic carbocycles. The lowest BCUT2D eigenvalue weighted by molar-refractivity contribution is 0.211. The van der Waals surface area contributed by atoms with E-state index in [1.807, 2.05) is 13.0 Å². The summed E-state index contributed by atoms with van der Waals surface area (Å²) in [4.78, 5) is 8.51. The number of aromatic amines is 1. The van der Waals surface area contributed by atoms with Crippen LogP contribution in [0.5, 0.6) is 0 Å². The summed E-state index contributed by atoms with van der Waals surface area (Å²) in [6.07, 6.45) is 5.74. The molecule has 0 atom stereocenters. The van der Waals surface area contributed by atoms with Gasteiger partial charge >= 0.3 is 0 Å². The van der Waals surface area contributed by atoms with Crippen LogP contribution in [0, 0.1) is 6.92 Å². The Morgan fingerprint density at radius 2 is 1.85 bits per heavy atom. The molecular formula is C26H29ClN6. The van der Waals surface area contributed by atoms with Crippen molar-refractivity contribution in [1.29, 1.82) is 0 Å². The highest BCUT2D eigenvalue weighted by atomic mass is 35.5. The Bertz CT molecular complexity index is 1280. The molecule has 4 heterocycles. The van der Waals surface area contributed by atoms with Crippen molar-refractivity contribution in [3.8, 4) is 5.69 Å². The van der Waals surface area contributed by atoms with E-state index in [1.54, 1.807) is 0 Å². The number of likely N-dealkylation sites (tertiary alicyclic amines) is 1. The van der Waals surface area contributed by atoms with Gasteiger partial charge in [-0.1, -0.05) is 23.7 Å². The number of fused-ring (bicyclic) bond motifs is 4. The van der Waals surface area contributed by atoms with Gasteiger partial charge in [0.05, 0.1) is 17.9 Å². The average Bonchev–Trinajstić information content (AvgIpc) is 3.43. The van der Waals surface area contributed by atoms with Crippen LogP contribution in [0.15, 0.2) is 48.7 Å². The van der Waals surface area contributed by atoms with E-state index in [2.05, 4.69) is 72.1 Å². The Labute approximate surface area is 199 Å². The van der Waals surface area contributed by atoms with Crippen LogP contribution in [0.25, 0.3) is 16.6 Å². The summed E-state index contributed by atoms with van der Waals surface area (Å²) in [6, 6.07) is 14.8. The van der Waals surface area contributed by atoms with E-state index in [9.17, 15) is 0 Å². The highest BCUT2D eigenvalue weighted by Crippen LogP contribution is 2.35. The molecule has 6 rings (SSSR count).